The molecular weight excluding hydrogens is 385 g/mol. The third-order valence-corrected chi connectivity index (χ3v) is 4.53. The Morgan fingerprint density at radius 2 is 1.77 bits per heavy atom. The molecule has 0 saturated carbocycles. The van der Waals surface area contributed by atoms with Crippen LogP contribution in [-0.4, -0.2) is 21.5 Å². The maximum absolute atomic E-state index is 12.9. The molecule has 0 fully saturated rings. The van der Waals surface area contributed by atoms with Crippen LogP contribution in [0.25, 0.3) is 16.6 Å². The quantitative estimate of drug-likeness (QED) is 0.484. The summed E-state index contributed by atoms with van der Waals surface area (Å²) in [5, 5.41) is 5.84. The van der Waals surface area contributed by atoms with Crippen molar-refractivity contribution in [2.24, 2.45) is 0 Å². The summed E-state index contributed by atoms with van der Waals surface area (Å²) < 4.78 is 14.9. The third-order valence-electron chi connectivity index (χ3n) is 4.53. The van der Waals surface area contributed by atoms with Gasteiger partial charge in [-0.15, -0.1) is 0 Å². The number of hydrogen-bond acceptors (Lipinski definition) is 4. The van der Waals surface area contributed by atoms with Crippen LogP contribution in [0.3, 0.4) is 0 Å². The minimum atomic E-state index is -0.639. The number of pyridine rings is 1. The van der Waals surface area contributed by atoms with Crippen molar-refractivity contribution >= 4 is 34.3 Å². The number of carbonyl (C=O) groups is 2. The molecule has 150 valence electrons. The molecule has 0 saturated heterocycles. The van der Waals surface area contributed by atoms with Crippen LogP contribution in [0.15, 0.2) is 73.1 Å². The van der Waals surface area contributed by atoms with E-state index in [0.29, 0.717) is 17.1 Å². The number of aromatic nitrogens is 2. The van der Waals surface area contributed by atoms with Gasteiger partial charge in [-0.3, -0.25) is 10.1 Å². The molecule has 0 atom stereocenters. The zero-order chi connectivity index (χ0) is 21.1. The summed E-state index contributed by atoms with van der Waals surface area (Å²) in [6, 6.07) is 15.8. The van der Waals surface area contributed by atoms with Crippen molar-refractivity contribution in [2.75, 3.05) is 11.1 Å². The largest absolute Gasteiger partial charge is 0.384 e. The molecule has 0 aliphatic heterocycles. The first-order valence-electron chi connectivity index (χ1n) is 9.16. The molecule has 8 heteroatoms. The molecule has 0 unspecified atom stereocenters. The van der Waals surface area contributed by atoms with Crippen molar-refractivity contribution in [3.8, 4) is 5.69 Å². The monoisotopic (exact) mass is 403 g/mol. The van der Waals surface area contributed by atoms with E-state index in [1.165, 1.54) is 24.3 Å². The van der Waals surface area contributed by atoms with Crippen LogP contribution >= 0.6 is 0 Å². The van der Waals surface area contributed by atoms with E-state index in [9.17, 15) is 14.0 Å². The van der Waals surface area contributed by atoms with E-state index >= 15 is 0 Å². The number of nitrogens with two attached hydrogens (primary N) is 1. The predicted octanol–water partition coefficient (Wildman–Crippen LogP) is 3.64. The number of nitrogens with zero attached hydrogens (tertiary/aromatic N) is 2. The lowest BCUT2D eigenvalue weighted by Crippen LogP contribution is -2.35. The van der Waals surface area contributed by atoms with Crippen LogP contribution in [-0.2, 0) is 11.2 Å². The molecule has 0 bridgehead atoms. The Hall–Kier alpha value is -4.20. The van der Waals surface area contributed by atoms with Gasteiger partial charge in [0.05, 0.1) is 11.9 Å². The minimum Gasteiger partial charge on any atom is -0.384 e. The summed E-state index contributed by atoms with van der Waals surface area (Å²) in [7, 11) is 0. The molecule has 2 aromatic carbocycles. The summed E-state index contributed by atoms with van der Waals surface area (Å²) in [4.78, 5) is 28.1. The van der Waals surface area contributed by atoms with E-state index < -0.39 is 11.9 Å². The number of fused-ring (bicyclic) bond motifs is 1. The molecule has 4 aromatic rings. The fraction of sp³-hybridized carbons (Fsp3) is 0.0455. The molecule has 0 aliphatic carbocycles. The Morgan fingerprint density at radius 1 is 1.03 bits per heavy atom. The molecule has 30 heavy (non-hydrogen) atoms. The zero-order valence-electron chi connectivity index (χ0n) is 15.8. The minimum absolute atomic E-state index is 0.0225. The van der Waals surface area contributed by atoms with Crippen LogP contribution in [0.5, 0.6) is 0 Å². The van der Waals surface area contributed by atoms with E-state index in [2.05, 4.69) is 15.6 Å². The van der Waals surface area contributed by atoms with Crippen molar-refractivity contribution in [3.63, 3.8) is 0 Å². The molecule has 2 heterocycles. The van der Waals surface area contributed by atoms with E-state index in [-0.39, 0.29) is 12.2 Å². The van der Waals surface area contributed by atoms with E-state index in [0.717, 1.165) is 16.6 Å². The lowest BCUT2D eigenvalue weighted by molar-refractivity contribution is -0.119. The van der Waals surface area contributed by atoms with Crippen molar-refractivity contribution in [2.45, 2.75) is 6.42 Å². The SMILES string of the molecule is Nc1cc2c(ccn2-c2ccc(NC(=O)NC(=O)Cc3ccc(F)cc3)cc2)cn1. The summed E-state index contributed by atoms with van der Waals surface area (Å²) in [5.74, 6) is -0.433. The Morgan fingerprint density at radius 3 is 2.50 bits per heavy atom. The van der Waals surface area contributed by atoms with Gasteiger partial charge in [0.15, 0.2) is 0 Å². The highest BCUT2D eigenvalue weighted by Crippen LogP contribution is 2.22. The number of urea groups is 1. The number of hydrogen-bond donors (Lipinski definition) is 3. The predicted molar refractivity (Wildman–Crippen MR) is 113 cm³/mol. The number of halogens is 1. The van der Waals surface area contributed by atoms with Crippen molar-refractivity contribution in [1.82, 2.24) is 14.9 Å². The van der Waals surface area contributed by atoms with E-state index in [1.54, 1.807) is 24.4 Å². The molecular formula is C22H18FN5O2. The number of imide groups is 1. The molecule has 3 amide bonds. The maximum Gasteiger partial charge on any atom is 0.325 e. The molecule has 2 aromatic heterocycles. The van der Waals surface area contributed by atoms with Gasteiger partial charge in [0.25, 0.3) is 0 Å². The van der Waals surface area contributed by atoms with E-state index in [4.69, 9.17) is 5.73 Å². The van der Waals surface area contributed by atoms with Gasteiger partial charge in [0.2, 0.25) is 5.91 Å². The Bertz CT molecular complexity index is 1220. The molecule has 4 N–H and O–H groups in total. The number of nitrogen functional groups attached to an aromatic ring is 1. The third kappa shape index (κ3) is 4.27. The lowest BCUT2D eigenvalue weighted by atomic mass is 10.1. The Labute approximate surface area is 171 Å². The van der Waals surface area contributed by atoms with Crippen LogP contribution < -0.4 is 16.4 Å². The van der Waals surface area contributed by atoms with Crippen LogP contribution in [0.4, 0.5) is 20.7 Å². The standard InChI is InChI=1S/C22H18FN5O2/c23-16-3-1-14(2-4-16)11-21(29)27-22(30)26-17-5-7-18(8-6-17)28-10-9-15-13-25-20(24)12-19(15)28/h1-10,12-13H,11H2,(H2,24,25)(H2,26,27,29,30). The van der Waals surface area contributed by atoms with Crippen LogP contribution in [0.1, 0.15) is 5.56 Å². The highest BCUT2D eigenvalue weighted by Gasteiger charge is 2.10. The first kappa shape index (κ1) is 19.1. The molecule has 0 spiro atoms. The average molecular weight is 403 g/mol. The van der Waals surface area contributed by atoms with Crippen LogP contribution in [0, 0.1) is 5.82 Å². The number of nitrogens with one attached hydrogen (secondary N) is 2. The number of benzene rings is 2. The number of carbonyl (C=O) groups excluding carboxylic acids is 2. The van der Waals surface area contributed by atoms with Gasteiger partial charge in [0.1, 0.15) is 11.6 Å². The fourth-order valence-corrected chi connectivity index (χ4v) is 3.09. The van der Waals surface area contributed by atoms with Gasteiger partial charge in [-0.1, -0.05) is 12.1 Å². The number of rotatable bonds is 4. The molecule has 4 rings (SSSR count). The lowest BCUT2D eigenvalue weighted by Gasteiger charge is -2.09. The normalized spacial score (nSPS) is 10.7. The van der Waals surface area contributed by atoms with Crippen molar-refractivity contribution < 1.29 is 14.0 Å². The molecule has 7 nitrogen and oxygen atoms in total. The second kappa shape index (κ2) is 8.04. The highest BCUT2D eigenvalue weighted by molar-refractivity contribution is 6.01. The summed E-state index contributed by atoms with van der Waals surface area (Å²) in [5.41, 5.74) is 8.73. The number of amides is 3. The number of anilines is 2. The second-order valence-corrected chi connectivity index (χ2v) is 6.71. The Balaban J connectivity index is 1.39. The highest BCUT2D eigenvalue weighted by atomic mass is 19.1. The topological polar surface area (TPSA) is 102 Å². The second-order valence-electron chi connectivity index (χ2n) is 6.71. The van der Waals surface area contributed by atoms with Crippen molar-refractivity contribution in [1.29, 1.82) is 0 Å². The smallest absolute Gasteiger partial charge is 0.325 e. The molecule has 0 aliphatic rings. The fourth-order valence-electron chi connectivity index (χ4n) is 3.09. The first-order valence-corrected chi connectivity index (χ1v) is 9.16. The van der Waals surface area contributed by atoms with Crippen LogP contribution in [0.2, 0.25) is 0 Å². The zero-order valence-corrected chi connectivity index (χ0v) is 15.8. The van der Waals surface area contributed by atoms with Gasteiger partial charge in [-0.25, -0.2) is 14.2 Å². The summed E-state index contributed by atoms with van der Waals surface area (Å²) in [6.07, 6.45) is 3.60. The van der Waals surface area contributed by atoms with E-state index in [1.807, 2.05) is 29.0 Å². The summed E-state index contributed by atoms with van der Waals surface area (Å²) >= 11 is 0. The van der Waals surface area contributed by atoms with Gasteiger partial charge in [-0.2, -0.15) is 0 Å². The average Bonchev–Trinajstić information content (AvgIpc) is 3.13. The van der Waals surface area contributed by atoms with Gasteiger partial charge in [0, 0.05) is 35.2 Å². The Kier molecular flexibility index (Phi) is 5.13. The first-order chi connectivity index (χ1) is 14.5. The maximum atomic E-state index is 12.9. The van der Waals surface area contributed by atoms with Gasteiger partial charge >= 0.3 is 6.03 Å². The molecule has 0 radical (unpaired) electrons. The van der Waals surface area contributed by atoms with Gasteiger partial charge < -0.3 is 15.6 Å². The van der Waals surface area contributed by atoms with Crippen molar-refractivity contribution in [3.05, 3.63) is 84.4 Å². The summed E-state index contributed by atoms with van der Waals surface area (Å²) in [6.45, 7) is 0. The van der Waals surface area contributed by atoms with Gasteiger partial charge in [-0.05, 0) is 48.0 Å².